The van der Waals surface area contributed by atoms with Gasteiger partial charge in [-0.15, -0.1) is 11.3 Å². The third-order valence-corrected chi connectivity index (χ3v) is 3.30. The van der Waals surface area contributed by atoms with Gasteiger partial charge >= 0.3 is 0 Å². The molecule has 4 heteroatoms. The van der Waals surface area contributed by atoms with E-state index in [4.69, 9.17) is 4.74 Å². The van der Waals surface area contributed by atoms with E-state index in [9.17, 15) is 0 Å². The lowest BCUT2D eigenvalue weighted by atomic mass is 10.2. The van der Waals surface area contributed by atoms with Gasteiger partial charge in [0.25, 0.3) is 0 Å². The molecule has 3 nitrogen and oxygen atoms in total. The molecule has 1 aromatic heterocycles. The van der Waals surface area contributed by atoms with E-state index in [1.165, 1.54) is 10.4 Å². The van der Waals surface area contributed by atoms with Gasteiger partial charge in [-0.25, -0.2) is 0 Å². The Labute approximate surface area is 112 Å². The summed E-state index contributed by atoms with van der Waals surface area (Å²) in [5, 5.41) is 3.41. The van der Waals surface area contributed by atoms with Crippen molar-refractivity contribution in [3.8, 4) is 0 Å². The summed E-state index contributed by atoms with van der Waals surface area (Å²) in [6, 6.07) is 10.4. The first-order chi connectivity index (χ1) is 8.95. The smallest absolute Gasteiger partial charge is 0.0825 e. The Morgan fingerprint density at radius 1 is 1.22 bits per heavy atom. The van der Waals surface area contributed by atoms with E-state index in [2.05, 4.69) is 34.6 Å². The largest absolute Gasteiger partial charge is 0.376 e. The van der Waals surface area contributed by atoms with Gasteiger partial charge in [-0.3, -0.25) is 4.98 Å². The van der Waals surface area contributed by atoms with Crippen LogP contribution in [0.5, 0.6) is 0 Å². The average Bonchev–Trinajstić information content (AvgIpc) is 2.92. The Bertz CT molecular complexity index is 417. The molecule has 0 atom stereocenters. The summed E-state index contributed by atoms with van der Waals surface area (Å²) in [6.07, 6.45) is 2.89. The molecule has 0 radical (unpaired) electrons. The van der Waals surface area contributed by atoms with Crippen molar-refractivity contribution in [1.82, 2.24) is 10.3 Å². The second kappa shape index (κ2) is 7.97. The van der Waals surface area contributed by atoms with Crippen LogP contribution in [0.2, 0.25) is 0 Å². The van der Waals surface area contributed by atoms with Gasteiger partial charge < -0.3 is 10.1 Å². The van der Waals surface area contributed by atoms with E-state index >= 15 is 0 Å². The molecule has 0 bridgehead atoms. The second-order valence-electron chi connectivity index (χ2n) is 4.04. The molecule has 0 amide bonds. The zero-order chi connectivity index (χ0) is 12.5. The lowest BCUT2D eigenvalue weighted by Crippen LogP contribution is -2.16. The standard InChI is InChI=1S/C14H18N2OS/c1-2-5-13(6-3-1)9-15-7-4-8-17-11-14-10-16-12-18-14/h1-3,5-6,10,12,15H,4,7-9,11H2. The first-order valence-electron chi connectivity index (χ1n) is 6.15. The lowest BCUT2D eigenvalue weighted by Gasteiger charge is -2.05. The summed E-state index contributed by atoms with van der Waals surface area (Å²) in [5.41, 5.74) is 3.16. The Kier molecular flexibility index (Phi) is 5.85. The van der Waals surface area contributed by atoms with E-state index in [1.54, 1.807) is 11.3 Å². The van der Waals surface area contributed by atoms with Crippen LogP contribution >= 0.6 is 11.3 Å². The van der Waals surface area contributed by atoms with Crippen LogP contribution in [-0.2, 0) is 17.9 Å². The predicted octanol–water partition coefficient (Wildman–Crippen LogP) is 2.84. The van der Waals surface area contributed by atoms with Crippen LogP contribution in [0.25, 0.3) is 0 Å². The minimum Gasteiger partial charge on any atom is -0.376 e. The summed E-state index contributed by atoms with van der Waals surface area (Å²) in [5.74, 6) is 0. The number of benzene rings is 1. The first kappa shape index (κ1) is 13.2. The van der Waals surface area contributed by atoms with Crippen molar-refractivity contribution < 1.29 is 4.74 Å². The number of nitrogens with one attached hydrogen (secondary N) is 1. The molecule has 2 rings (SSSR count). The molecule has 1 heterocycles. The predicted molar refractivity (Wildman–Crippen MR) is 74.5 cm³/mol. The van der Waals surface area contributed by atoms with Gasteiger partial charge in [0, 0.05) is 19.3 Å². The molecule has 0 saturated heterocycles. The van der Waals surface area contributed by atoms with Gasteiger partial charge in [0.2, 0.25) is 0 Å². The quantitative estimate of drug-likeness (QED) is 0.743. The molecule has 0 spiro atoms. The van der Waals surface area contributed by atoms with E-state index in [0.717, 1.165) is 26.1 Å². The fraction of sp³-hybridized carbons (Fsp3) is 0.357. The number of nitrogens with zero attached hydrogens (tertiary/aromatic N) is 1. The van der Waals surface area contributed by atoms with Crippen LogP contribution in [-0.4, -0.2) is 18.1 Å². The maximum absolute atomic E-state index is 5.56. The zero-order valence-electron chi connectivity index (χ0n) is 10.3. The van der Waals surface area contributed by atoms with Crippen LogP contribution in [0, 0.1) is 0 Å². The minimum absolute atomic E-state index is 0.684. The number of hydrogen-bond acceptors (Lipinski definition) is 4. The monoisotopic (exact) mass is 262 g/mol. The lowest BCUT2D eigenvalue weighted by molar-refractivity contribution is 0.120. The molecular weight excluding hydrogens is 244 g/mol. The van der Waals surface area contributed by atoms with E-state index in [-0.39, 0.29) is 0 Å². The Morgan fingerprint density at radius 3 is 2.89 bits per heavy atom. The normalized spacial score (nSPS) is 10.7. The fourth-order valence-corrected chi connectivity index (χ4v) is 2.14. The summed E-state index contributed by atoms with van der Waals surface area (Å²) in [7, 11) is 0. The van der Waals surface area contributed by atoms with Crippen molar-refractivity contribution in [2.45, 2.75) is 19.6 Å². The molecular formula is C14H18N2OS. The van der Waals surface area contributed by atoms with Gasteiger partial charge in [0.15, 0.2) is 0 Å². The van der Waals surface area contributed by atoms with Gasteiger partial charge in [-0.05, 0) is 18.5 Å². The third kappa shape index (κ3) is 4.96. The third-order valence-electron chi connectivity index (χ3n) is 2.54. The molecule has 0 aliphatic heterocycles. The second-order valence-corrected chi connectivity index (χ2v) is 5.01. The zero-order valence-corrected chi connectivity index (χ0v) is 11.2. The molecule has 96 valence electrons. The van der Waals surface area contributed by atoms with Crippen molar-refractivity contribution in [3.05, 3.63) is 52.5 Å². The van der Waals surface area contributed by atoms with Crippen molar-refractivity contribution in [1.29, 1.82) is 0 Å². The first-order valence-corrected chi connectivity index (χ1v) is 7.03. The Morgan fingerprint density at radius 2 is 2.11 bits per heavy atom. The van der Waals surface area contributed by atoms with E-state index < -0.39 is 0 Å². The summed E-state index contributed by atoms with van der Waals surface area (Å²) in [6.45, 7) is 3.39. The fourth-order valence-electron chi connectivity index (χ4n) is 1.61. The molecule has 18 heavy (non-hydrogen) atoms. The number of aromatic nitrogens is 1. The van der Waals surface area contributed by atoms with Crippen molar-refractivity contribution >= 4 is 11.3 Å². The summed E-state index contributed by atoms with van der Waals surface area (Å²) < 4.78 is 5.56. The van der Waals surface area contributed by atoms with Crippen molar-refractivity contribution in [2.75, 3.05) is 13.2 Å². The average molecular weight is 262 g/mol. The highest BCUT2D eigenvalue weighted by Crippen LogP contribution is 2.06. The number of ether oxygens (including phenoxy) is 1. The number of rotatable bonds is 8. The van der Waals surface area contributed by atoms with Gasteiger partial charge in [0.1, 0.15) is 0 Å². The van der Waals surface area contributed by atoms with Gasteiger partial charge in [-0.2, -0.15) is 0 Å². The van der Waals surface area contributed by atoms with Crippen molar-refractivity contribution in [2.24, 2.45) is 0 Å². The van der Waals surface area contributed by atoms with Crippen LogP contribution in [0.4, 0.5) is 0 Å². The van der Waals surface area contributed by atoms with Gasteiger partial charge in [0.05, 0.1) is 17.0 Å². The molecule has 0 unspecified atom stereocenters. The van der Waals surface area contributed by atoms with Crippen LogP contribution < -0.4 is 5.32 Å². The Balaban J connectivity index is 1.47. The maximum Gasteiger partial charge on any atom is 0.0825 e. The Hall–Kier alpha value is -1.23. The highest BCUT2D eigenvalue weighted by atomic mass is 32.1. The molecule has 0 aliphatic carbocycles. The van der Waals surface area contributed by atoms with Crippen LogP contribution in [0.1, 0.15) is 16.9 Å². The molecule has 0 fully saturated rings. The summed E-state index contributed by atoms with van der Waals surface area (Å²) in [4.78, 5) is 5.20. The number of thiazole rings is 1. The summed E-state index contributed by atoms with van der Waals surface area (Å²) >= 11 is 1.64. The molecule has 2 aromatic rings. The minimum atomic E-state index is 0.684. The molecule has 1 N–H and O–H groups in total. The van der Waals surface area contributed by atoms with Crippen LogP contribution in [0.3, 0.4) is 0 Å². The molecule has 0 saturated carbocycles. The van der Waals surface area contributed by atoms with E-state index in [1.807, 2.05) is 17.8 Å². The SMILES string of the molecule is c1ccc(CNCCCOCc2cncs2)cc1. The highest BCUT2D eigenvalue weighted by molar-refractivity contribution is 7.09. The maximum atomic E-state index is 5.56. The highest BCUT2D eigenvalue weighted by Gasteiger charge is 1.95. The van der Waals surface area contributed by atoms with Crippen molar-refractivity contribution in [3.63, 3.8) is 0 Å². The number of hydrogen-bond donors (Lipinski definition) is 1. The molecule has 1 aromatic carbocycles. The van der Waals surface area contributed by atoms with Gasteiger partial charge in [-0.1, -0.05) is 30.3 Å². The van der Waals surface area contributed by atoms with Crippen LogP contribution in [0.15, 0.2) is 42.0 Å². The topological polar surface area (TPSA) is 34.1 Å². The molecule has 0 aliphatic rings. The van der Waals surface area contributed by atoms with E-state index in [0.29, 0.717) is 6.61 Å².